The van der Waals surface area contributed by atoms with Crippen LogP contribution < -0.4 is 5.32 Å². The molecular weight excluding hydrogens is 210 g/mol. The van der Waals surface area contributed by atoms with Crippen molar-refractivity contribution in [2.24, 2.45) is 0 Å². The highest BCUT2D eigenvalue weighted by atomic mass is 16.5. The Kier molecular flexibility index (Phi) is 5.02. The van der Waals surface area contributed by atoms with Gasteiger partial charge in [-0.15, -0.1) is 0 Å². The molecule has 1 fully saturated rings. The van der Waals surface area contributed by atoms with E-state index in [9.17, 15) is 0 Å². The molecule has 1 aromatic rings. The molecule has 0 heterocycles. The molecule has 0 amide bonds. The normalized spacial score (nSPS) is 24.8. The van der Waals surface area contributed by atoms with E-state index < -0.39 is 0 Å². The van der Waals surface area contributed by atoms with E-state index in [1.54, 1.807) is 0 Å². The summed E-state index contributed by atoms with van der Waals surface area (Å²) in [6.07, 6.45) is 6.55. The highest BCUT2D eigenvalue weighted by molar-refractivity contribution is 5.14. The predicted octanol–water partition coefficient (Wildman–Crippen LogP) is 2.78. The Balaban J connectivity index is 1.74. The Bertz CT molecular complexity index is 312. The SMILES string of the molecule is CNC1CCCCC1OCCc1ccccc1. The summed E-state index contributed by atoms with van der Waals surface area (Å²) in [6.45, 7) is 0.840. The Morgan fingerprint density at radius 1 is 1.18 bits per heavy atom. The summed E-state index contributed by atoms with van der Waals surface area (Å²) < 4.78 is 6.03. The second kappa shape index (κ2) is 6.77. The molecule has 94 valence electrons. The van der Waals surface area contributed by atoms with Crippen molar-refractivity contribution in [1.82, 2.24) is 5.32 Å². The van der Waals surface area contributed by atoms with Gasteiger partial charge in [0.05, 0.1) is 12.7 Å². The van der Waals surface area contributed by atoms with Crippen LogP contribution in [-0.4, -0.2) is 25.8 Å². The fraction of sp³-hybridized carbons (Fsp3) is 0.600. The molecule has 0 saturated heterocycles. The lowest BCUT2D eigenvalue weighted by atomic mass is 9.92. The summed E-state index contributed by atoms with van der Waals surface area (Å²) in [6, 6.07) is 11.1. The maximum absolute atomic E-state index is 6.03. The summed E-state index contributed by atoms with van der Waals surface area (Å²) in [4.78, 5) is 0. The summed E-state index contributed by atoms with van der Waals surface area (Å²) in [7, 11) is 2.05. The first kappa shape index (κ1) is 12.6. The highest BCUT2D eigenvalue weighted by Gasteiger charge is 2.23. The molecule has 0 aliphatic heterocycles. The molecule has 1 saturated carbocycles. The van der Waals surface area contributed by atoms with Crippen LogP contribution >= 0.6 is 0 Å². The molecule has 1 aliphatic carbocycles. The molecular formula is C15H23NO. The number of hydrogen-bond acceptors (Lipinski definition) is 2. The number of likely N-dealkylation sites (N-methyl/N-ethyl adjacent to an activating group) is 1. The smallest absolute Gasteiger partial charge is 0.0728 e. The average molecular weight is 233 g/mol. The van der Waals surface area contributed by atoms with Crippen LogP contribution in [0.3, 0.4) is 0 Å². The first-order valence-corrected chi connectivity index (χ1v) is 6.73. The minimum Gasteiger partial charge on any atom is -0.376 e. The van der Waals surface area contributed by atoms with Gasteiger partial charge in [-0.1, -0.05) is 43.2 Å². The summed E-state index contributed by atoms with van der Waals surface area (Å²) >= 11 is 0. The van der Waals surface area contributed by atoms with Gasteiger partial charge in [0.15, 0.2) is 0 Å². The van der Waals surface area contributed by atoms with Crippen molar-refractivity contribution in [2.75, 3.05) is 13.7 Å². The van der Waals surface area contributed by atoms with Gasteiger partial charge in [-0.25, -0.2) is 0 Å². The van der Waals surface area contributed by atoms with Crippen molar-refractivity contribution in [3.63, 3.8) is 0 Å². The highest BCUT2D eigenvalue weighted by Crippen LogP contribution is 2.21. The minimum absolute atomic E-state index is 0.414. The standard InChI is InChI=1S/C15H23NO/c1-16-14-9-5-6-10-15(14)17-12-11-13-7-3-2-4-8-13/h2-4,7-8,14-16H,5-6,9-12H2,1H3. The number of hydrogen-bond donors (Lipinski definition) is 1. The van der Waals surface area contributed by atoms with Crippen LogP contribution in [-0.2, 0) is 11.2 Å². The topological polar surface area (TPSA) is 21.3 Å². The van der Waals surface area contributed by atoms with Crippen LogP contribution in [0.1, 0.15) is 31.2 Å². The molecule has 17 heavy (non-hydrogen) atoms. The molecule has 2 rings (SSSR count). The number of benzene rings is 1. The lowest BCUT2D eigenvalue weighted by molar-refractivity contribution is 0.00877. The third-order valence-corrected chi connectivity index (χ3v) is 3.64. The quantitative estimate of drug-likeness (QED) is 0.844. The van der Waals surface area contributed by atoms with Crippen LogP contribution in [0.4, 0.5) is 0 Å². The van der Waals surface area contributed by atoms with E-state index in [0.29, 0.717) is 12.1 Å². The van der Waals surface area contributed by atoms with Gasteiger partial charge in [0.25, 0.3) is 0 Å². The van der Waals surface area contributed by atoms with Crippen LogP contribution in [0.5, 0.6) is 0 Å². The molecule has 1 aliphatic rings. The van der Waals surface area contributed by atoms with Crippen molar-refractivity contribution < 1.29 is 4.74 Å². The lowest BCUT2D eigenvalue weighted by Gasteiger charge is -2.31. The van der Waals surface area contributed by atoms with Crippen molar-refractivity contribution >= 4 is 0 Å². The van der Waals surface area contributed by atoms with Crippen LogP contribution in [0.2, 0.25) is 0 Å². The molecule has 2 unspecified atom stereocenters. The van der Waals surface area contributed by atoms with Gasteiger partial charge in [-0.2, -0.15) is 0 Å². The fourth-order valence-electron chi connectivity index (χ4n) is 2.60. The second-order valence-corrected chi connectivity index (χ2v) is 4.82. The van der Waals surface area contributed by atoms with Crippen LogP contribution in [0, 0.1) is 0 Å². The van der Waals surface area contributed by atoms with E-state index in [-0.39, 0.29) is 0 Å². The maximum Gasteiger partial charge on any atom is 0.0728 e. The van der Waals surface area contributed by atoms with Crippen LogP contribution in [0.15, 0.2) is 30.3 Å². The lowest BCUT2D eigenvalue weighted by Crippen LogP contribution is -2.42. The van der Waals surface area contributed by atoms with Gasteiger partial charge in [0.1, 0.15) is 0 Å². The fourth-order valence-corrected chi connectivity index (χ4v) is 2.60. The summed E-state index contributed by atoms with van der Waals surface area (Å²) in [5.74, 6) is 0. The van der Waals surface area contributed by atoms with E-state index in [0.717, 1.165) is 13.0 Å². The van der Waals surface area contributed by atoms with E-state index >= 15 is 0 Å². The van der Waals surface area contributed by atoms with Gasteiger partial charge < -0.3 is 10.1 Å². The zero-order valence-corrected chi connectivity index (χ0v) is 10.7. The molecule has 2 heteroatoms. The van der Waals surface area contributed by atoms with Gasteiger partial charge in [-0.3, -0.25) is 0 Å². The maximum atomic E-state index is 6.03. The zero-order valence-electron chi connectivity index (χ0n) is 10.7. The first-order chi connectivity index (χ1) is 8.40. The van der Waals surface area contributed by atoms with Crippen LogP contribution in [0.25, 0.3) is 0 Å². The predicted molar refractivity (Wildman–Crippen MR) is 71.2 cm³/mol. The number of rotatable bonds is 5. The van der Waals surface area contributed by atoms with Crippen molar-refractivity contribution in [3.05, 3.63) is 35.9 Å². The van der Waals surface area contributed by atoms with Gasteiger partial charge in [-0.05, 0) is 31.9 Å². The Labute approximate surface area is 104 Å². The van der Waals surface area contributed by atoms with Gasteiger partial charge in [0, 0.05) is 6.04 Å². The third-order valence-electron chi connectivity index (χ3n) is 3.64. The van der Waals surface area contributed by atoms with Crippen molar-refractivity contribution in [1.29, 1.82) is 0 Å². The van der Waals surface area contributed by atoms with E-state index in [1.165, 1.54) is 31.2 Å². The largest absolute Gasteiger partial charge is 0.376 e. The molecule has 0 aromatic heterocycles. The zero-order chi connectivity index (χ0) is 11.9. The molecule has 0 spiro atoms. The first-order valence-electron chi connectivity index (χ1n) is 6.73. The molecule has 0 bridgehead atoms. The van der Waals surface area contributed by atoms with Gasteiger partial charge in [0.2, 0.25) is 0 Å². The summed E-state index contributed by atoms with van der Waals surface area (Å²) in [5.41, 5.74) is 1.37. The Morgan fingerprint density at radius 2 is 1.94 bits per heavy atom. The van der Waals surface area contributed by atoms with Gasteiger partial charge >= 0.3 is 0 Å². The number of nitrogens with one attached hydrogen (secondary N) is 1. The minimum atomic E-state index is 0.414. The molecule has 2 atom stereocenters. The summed E-state index contributed by atoms with van der Waals surface area (Å²) in [5, 5.41) is 3.38. The monoisotopic (exact) mass is 233 g/mol. The Morgan fingerprint density at radius 3 is 2.71 bits per heavy atom. The molecule has 1 N–H and O–H groups in total. The number of ether oxygens (including phenoxy) is 1. The molecule has 2 nitrogen and oxygen atoms in total. The van der Waals surface area contributed by atoms with E-state index in [2.05, 4.69) is 35.6 Å². The Hall–Kier alpha value is -0.860. The van der Waals surface area contributed by atoms with E-state index in [1.807, 2.05) is 7.05 Å². The second-order valence-electron chi connectivity index (χ2n) is 4.82. The average Bonchev–Trinajstić information content (AvgIpc) is 2.40. The van der Waals surface area contributed by atoms with E-state index in [4.69, 9.17) is 4.74 Å². The van der Waals surface area contributed by atoms with Crippen molar-refractivity contribution in [3.8, 4) is 0 Å². The van der Waals surface area contributed by atoms with Crippen molar-refractivity contribution in [2.45, 2.75) is 44.2 Å². The molecule has 1 aromatic carbocycles. The third kappa shape index (κ3) is 3.83. The molecule has 0 radical (unpaired) electrons.